The summed E-state index contributed by atoms with van der Waals surface area (Å²) in [5.41, 5.74) is 6.21. The van der Waals surface area contributed by atoms with Gasteiger partial charge in [0.25, 0.3) is 5.91 Å². The Balaban J connectivity index is 2.06. The largest absolute Gasteiger partial charge is 0.341 e. The molecule has 1 saturated heterocycles. The molecular formula is C18H26ClN3O2. The first-order chi connectivity index (χ1) is 11.4. The summed E-state index contributed by atoms with van der Waals surface area (Å²) in [6.07, 6.45) is 1.55. The number of amides is 2. The second-order valence-electron chi connectivity index (χ2n) is 6.84. The number of carbonyl (C=O) groups is 2. The number of rotatable bonds is 6. The normalized spacial score (nSPS) is 18.7. The molecule has 5 nitrogen and oxygen atoms in total. The first-order valence-corrected chi connectivity index (χ1v) is 8.83. The molecule has 1 aromatic rings. The number of nitrogens with two attached hydrogens (primary N) is 1. The van der Waals surface area contributed by atoms with Crippen LogP contribution in [0.25, 0.3) is 0 Å². The van der Waals surface area contributed by atoms with E-state index in [0.29, 0.717) is 48.5 Å². The average Bonchev–Trinajstić information content (AvgIpc) is 3.02. The number of likely N-dealkylation sites (tertiary alicyclic amines) is 1. The smallest absolute Gasteiger partial charge is 0.251 e. The number of nitrogens with one attached hydrogen (secondary N) is 1. The molecule has 132 valence electrons. The molecular weight excluding hydrogens is 326 g/mol. The maximum atomic E-state index is 12.8. The van der Waals surface area contributed by atoms with Crippen LogP contribution in [0.3, 0.4) is 0 Å². The number of nitrogens with zero attached hydrogens (tertiary/aromatic N) is 1. The summed E-state index contributed by atoms with van der Waals surface area (Å²) in [6.45, 7) is 6.07. The quantitative estimate of drug-likeness (QED) is 0.825. The highest BCUT2D eigenvalue weighted by Crippen LogP contribution is 2.18. The van der Waals surface area contributed by atoms with Crippen LogP contribution in [-0.2, 0) is 4.79 Å². The van der Waals surface area contributed by atoms with E-state index in [1.807, 2.05) is 18.7 Å². The Bertz CT molecular complexity index is 574. The van der Waals surface area contributed by atoms with E-state index in [1.165, 1.54) is 0 Å². The summed E-state index contributed by atoms with van der Waals surface area (Å²) in [5, 5.41) is 3.46. The highest BCUT2D eigenvalue weighted by molar-refractivity contribution is 6.30. The molecule has 3 N–H and O–H groups in total. The zero-order valence-electron chi connectivity index (χ0n) is 14.3. The van der Waals surface area contributed by atoms with Gasteiger partial charge in [-0.15, -0.1) is 0 Å². The fourth-order valence-electron chi connectivity index (χ4n) is 2.98. The standard InChI is InChI=1S/C18H26ClN3O2/c1-12(2)9-16(18(24)22-8-7-13(10-20)11-22)21-17(23)14-3-5-15(19)6-4-14/h3-6,12-13,16H,7-11,20H2,1-2H3,(H,21,23). The Labute approximate surface area is 148 Å². The number of carbonyl (C=O) groups excluding carboxylic acids is 2. The van der Waals surface area contributed by atoms with Gasteiger partial charge in [0.05, 0.1) is 0 Å². The van der Waals surface area contributed by atoms with Crippen molar-refractivity contribution in [2.45, 2.75) is 32.7 Å². The number of hydrogen-bond donors (Lipinski definition) is 2. The van der Waals surface area contributed by atoms with Crippen molar-refractivity contribution in [1.29, 1.82) is 0 Å². The zero-order chi connectivity index (χ0) is 17.7. The molecule has 2 atom stereocenters. The van der Waals surface area contributed by atoms with Gasteiger partial charge >= 0.3 is 0 Å². The van der Waals surface area contributed by atoms with Gasteiger partial charge in [-0.1, -0.05) is 25.4 Å². The van der Waals surface area contributed by atoms with E-state index in [2.05, 4.69) is 5.32 Å². The van der Waals surface area contributed by atoms with Crippen LogP contribution >= 0.6 is 11.6 Å². The summed E-state index contributed by atoms with van der Waals surface area (Å²) in [5.74, 6) is 0.403. The van der Waals surface area contributed by atoms with E-state index in [9.17, 15) is 9.59 Å². The molecule has 24 heavy (non-hydrogen) atoms. The monoisotopic (exact) mass is 351 g/mol. The van der Waals surface area contributed by atoms with Gasteiger partial charge in [-0.3, -0.25) is 9.59 Å². The molecule has 1 aromatic carbocycles. The maximum absolute atomic E-state index is 12.8. The molecule has 0 saturated carbocycles. The van der Waals surface area contributed by atoms with Crippen molar-refractivity contribution < 1.29 is 9.59 Å². The Morgan fingerprint density at radius 3 is 2.54 bits per heavy atom. The molecule has 2 unspecified atom stereocenters. The van der Waals surface area contributed by atoms with Crippen molar-refractivity contribution in [3.8, 4) is 0 Å². The molecule has 0 bridgehead atoms. The minimum atomic E-state index is -0.510. The first kappa shape index (κ1) is 18.7. The second-order valence-corrected chi connectivity index (χ2v) is 7.27. The van der Waals surface area contributed by atoms with Crippen LogP contribution in [-0.4, -0.2) is 42.4 Å². The number of halogens is 1. The molecule has 0 aliphatic carbocycles. The lowest BCUT2D eigenvalue weighted by atomic mass is 10.0. The molecule has 0 aromatic heterocycles. The SMILES string of the molecule is CC(C)CC(NC(=O)c1ccc(Cl)cc1)C(=O)N1CCC(CN)C1. The van der Waals surface area contributed by atoms with Gasteiger partial charge in [0.15, 0.2) is 0 Å². The maximum Gasteiger partial charge on any atom is 0.251 e. The third-order valence-corrected chi connectivity index (χ3v) is 4.60. The average molecular weight is 352 g/mol. The highest BCUT2D eigenvalue weighted by Gasteiger charge is 2.31. The Morgan fingerprint density at radius 1 is 1.33 bits per heavy atom. The third kappa shape index (κ3) is 4.95. The molecule has 1 aliphatic rings. The van der Waals surface area contributed by atoms with Crippen molar-refractivity contribution in [1.82, 2.24) is 10.2 Å². The Kier molecular flexibility index (Phi) is 6.63. The van der Waals surface area contributed by atoms with E-state index >= 15 is 0 Å². The van der Waals surface area contributed by atoms with Gasteiger partial charge in [0, 0.05) is 23.7 Å². The van der Waals surface area contributed by atoms with Crippen molar-refractivity contribution >= 4 is 23.4 Å². The molecule has 0 radical (unpaired) electrons. The topological polar surface area (TPSA) is 75.4 Å². The van der Waals surface area contributed by atoms with E-state index in [1.54, 1.807) is 24.3 Å². The van der Waals surface area contributed by atoms with Gasteiger partial charge in [-0.2, -0.15) is 0 Å². The van der Waals surface area contributed by atoms with Gasteiger partial charge in [-0.05, 0) is 55.5 Å². The predicted octanol–water partition coefficient (Wildman–Crippen LogP) is 2.29. The van der Waals surface area contributed by atoms with Crippen molar-refractivity contribution in [2.24, 2.45) is 17.6 Å². The molecule has 2 rings (SSSR count). The molecule has 1 heterocycles. The third-order valence-electron chi connectivity index (χ3n) is 4.35. The summed E-state index contributed by atoms with van der Waals surface area (Å²) in [7, 11) is 0. The lowest BCUT2D eigenvalue weighted by Crippen LogP contribution is -2.48. The second kappa shape index (κ2) is 8.49. The fourth-order valence-corrected chi connectivity index (χ4v) is 3.11. The molecule has 1 aliphatic heterocycles. The highest BCUT2D eigenvalue weighted by atomic mass is 35.5. The lowest BCUT2D eigenvalue weighted by molar-refractivity contribution is -0.132. The van der Waals surface area contributed by atoms with Gasteiger partial charge in [0.1, 0.15) is 6.04 Å². The summed E-state index contributed by atoms with van der Waals surface area (Å²) >= 11 is 5.85. The van der Waals surface area contributed by atoms with Gasteiger partial charge < -0.3 is 16.0 Å². The van der Waals surface area contributed by atoms with Crippen LogP contribution in [0, 0.1) is 11.8 Å². The summed E-state index contributed by atoms with van der Waals surface area (Å²) < 4.78 is 0. The van der Waals surface area contributed by atoms with E-state index in [-0.39, 0.29) is 11.8 Å². The van der Waals surface area contributed by atoms with Crippen LogP contribution in [0.5, 0.6) is 0 Å². The van der Waals surface area contributed by atoms with Gasteiger partial charge in [-0.25, -0.2) is 0 Å². The molecule has 0 spiro atoms. The van der Waals surface area contributed by atoms with Crippen LogP contribution in [0.15, 0.2) is 24.3 Å². The number of hydrogen-bond acceptors (Lipinski definition) is 3. The molecule has 6 heteroatoms. The first-order valence-electron chi connectivity index (χ1n) is 8.46. The minimum absolute atomic E-state index is 0.0121. The zero-order valence-corrected chi connectivity index (χ0v) is 15.1. The fraction of sp³-hybridized carbons (Fsp3) is 0.556. The Hall–Kier alpha value is -1.59. The molecule has 1 fully saturated rings. The van der Waals surface area contributed by atoms with Crippen LogP contribution in [0.2, 0.25) is 5.02 Å². The van der Waals surface area contributed by atoms with Crippen LogP contribution in [0.4, 0.5) is 0 Å². The molecule has 2 amide bonds. The van der Waals surface area contributed by atoms with E-state index in [4.69, 9.17) is 17.3 Å². The van der Waals surface area contributed by atoms with Crippen molar-refractivity contribution in [2.75, 3.05) is 19.6 Å². The summed E-state index contributed by atoms with van der Waals surface area (Å²) in [4.78, 5) is 27.1. The predicted molar refractivity (Wildman–Crippen MR) is 95.9 cm³/mol. The van der Waals surface area contributed by atoms with E-state index in [0.717, 1.165) is 6.42 Å². The number of benzene rings is 1. The van der Waals surface area contributed by atoms with Crippen molar-refractivity contribution in [3.63, 3.8) is 0 Å². The minimum Gasteiger partial charge on any atom is -0.341 e. The van der Waals surface area contributed by atoms with Crippen LogP contribution < -0.4 is 11.1 Å². The van der Waals surface area contributed by atoms with Crippen LogP contribution in [0.1, 0.15) is 37.0 Å². The van der Waals surface area contributed by atoms with Gasteiger partial charge in [0.2, 0.25) is 5.91 Å². The van der Waals surface area contributed by atoms with Crippen molar-refractivity contribution in [3.05, 3.63) is 34.9 Å². The Morgan fingerprint density at radius 2 is 2.00 bits per heavy atom. The summed E-state index contributed by atoms with van der Waals surface area (Å²) in [6, 6.07) is 6.15. The van der Waals surface area contributed by atoms with E-state index < -0.39 is 6.04 Å². The lowest BCUT2D eigenvalue weighted by Gasteiger charge is -2.25.